The van der Waals surface area contributed by atoms with Crippen molar-refractivity contribution in [2.75, 3.05) is 6.26 Å². The molecule has 0 fully saturated rings. The number of hydrogen-bond acceptors (Lipinski definition) is 11. The number of benzene rings is 2. The average molecular weight is 811 g/mol. The maximum Gasteiger partial charge on any atom is 0.408 e. The van der Waals surface area contributed by atoms with Gasteiger partial charge in [-0.2, -0.15) is 0 Å². The number of amides is 4. The van der Waals surface area contributed by atoms with Gasteiger partial charge in [-0.3, -0.25) is 24.0 Å². The second-order valence-corrected chi connectivity index (χ2v) is 17.3. The summed E-state index contributed by atoms with van der Waals surface area (Å²) >= 11 is 0. The predicted molar refractivity (Wildman–Crippen MR) is 211 cm³/mol. The summed E-state index contributed by atoms with van der Waals surface area (Å²) in [6.45, 7) is 13.2. The number of carbonyl (C=O) groups excluding carboxylic acids is 6. The van der Waals surface area contributed by atoms with Gasteiger partial charge in [-0.15, -0.1) is 0 Å². The molecule has 0 radical (unpaired) electrons. The van der Waals surface area contributed by atoms with Gasteiger partial charge in [0.05, 0.1) is 24.6 Å². The molecule has 310 valence electrons. The molecular formula is C41H54N4O11S. The highest BCUT2D eigenvalue weighted by molar-refractivity contribution is 7.93. The first kappa shape index (κ1) is 45.9. The van der Waals surface area contributed by atoms with Crippen LogP contribution in [0.5, 0.6) is 0 Å². The lowest BCUT2D eigenvalue weighted by Crippen LogP contribution is -2.60. The van der Waals surface area contributed by atoms with Crippen molar-refractivity contribution in [2.24, 2.45) is 11.8 Å². The van der Waals surface area contributed by atoms with E-state index >= 15 is 0 Å². The fourth-order valence-electron chi connectivity index (χ4n) is 6.02. The Balaban J connectivity index is 1.89. The lowest BCUT2D eigenvalue weighted by molar-refractivity contribution is -0.155. The van der Waals surface area contributed by atoms with E-state index in [1.165, 1.54) is 6.92 Å². The van der Waals surface area contributed by atoms with Gasteiger partial charge < -0.3 is 35.5 Å². The van der Waals surface area contributed by atoms with Gasteiger partial charge in [0.2, 0.25) is 17.7 Å². The fourth-order valence-corrected chi connectivity index (χ4v) is 6.49. The minimum Gasteiger partial charge on any atom is -0.460 e. The third kappa shape index (κ3) is 16.2. The Hall–Kier alpha value is -5.51. The highest BCUT2D eigenvalue weighted by Gasteiger charge is 2.39. The summed E-state index contributed by atoms with van der Waals surface area (Å²) in [6.07, 6.45) is 0.857. The van der Waals surface area contributed by atoms with Gasteiger partial charge in [-0.05, 0) is 69.1 Å². The zero-order chi connectivity index (χ0) is 42.5. The molecule has 4 atom stereocenters. The number of esters is 2. The Morgan fingerprint density at radius 3 is 1.96 bits per heavy atom. The summed E-state index contributed by atoms with van der Waals surface area (Å²) in [5.41, 5.74) is 1.75. The van der Waals surface area contributed by atoms with Crippen LogP contribution >= 0.6 is 0 Å². The molecule has 0 saturated carbocycles. The van der Waals surface area contributed by atoms with Crippen molar-refractivity contribution in [2.45, 2.75) is 104 Å². The Morgan fingerprint density at radius 2 is 1.42 bits per heavy atom. The lowest BCUT2D eigenvalue weighted by Gasteiger charge is -2.30. The molecule has 16 heteroatoms. The van der Waals surface area contributed by atoms with Gasteiger partial charge in [0, 0.05) is 11.7 Å². The van der Waals surface area contributed by atoms with Crippen molar-refractivity contribution in [3.05, 3.63) is 95.1 Å². The highest BCUT2D eigenvalue weighted by Crippen LogP contribution is 2.29. The van der Waals surface area contributed by atoms with Gasteiger partial charge in [0.15, 0.2) is 9.84 Å². The van der Waals surface area contributed by atoms with Crippen LogP contribution in [0, 0.1) is 11.8 Å². The number of nitrogens with one attached hydrogen (secondary N) is 4. The van der Waals surface area contributed by atoms with Gasteiger partial charge >= 0.3 is 18.0 Å². The molecule has 1 aliphatic carbocycles. The molecule has 0 aliphatic heterocycles. The zero-order valence-corrected chi connectivity index (χ0v) is 34.3. The van der Waals surface area contributed by atoms with E-state index in [4.69, 9.17) is 14.2 Å². The summed E-state index contributed by atoms with van der Waals surface area (Å²) in [6, 6.07) is 11.2. The van der Waals surface area contributed by atoms with Crippen LogP contribution in [0.25, 0.3) is 0 Å². The van der Waals surface area contributed by atoms with Crippen LogP contribution in [0.15, 0.2) is 78.4 Å². The molecule has 0 heterocycles. The number of fused-ring (bicyclic) bond motifs is 1. The molecule has 0 saturated heterocycles. The van der Waals surface area contributed by atoms with Crippen LogP contribution in [0.3, 0.4) is 0 Å². The minimum absolute atomic E-state index is 0.0601. The van der Waals surface area contributed by atoms with E-state index in [9.17, 15) is 37.2 Å². The normalized spacial score (nSPS) is 15.0. The van der Waals surface area contributed by atoms with Crippen molar-refractivity contribution in [3.8, 4) is 0 Å². The number of sulfone groups is 1. The standard InChI is InChI=1S/C41H54N4O11S/c1-25(2)35(38(49)42-31(18-19-57(8,52)53)22-34(47)56-41(5,6)7)44-39(50)36(30-20-28-16-12-13-17-29(28)21-30)45-37(48)32(23-33(46)55-26(3)4)43-40(51)54-24-27-14-10-9-11-15-27/h9-19,25,30-32,35-36H,3,20-24H2,1-2,4-8H3,(H,42,49)(H,43,51)(H,44,50)(H,45,48)/b19-18+/t31-,32+,35+,36+/m1/s1. The Bertz CT molecular complexity index is 1900. The van der Waals surface area contributed by atoms with Gasteiger partial charge in [-0.25, -0.2) is 13.2 Å². The predicted octanol–water partition coefficient (Wildman–Crippen LogP) is 3.56. The van der Waals surface area contributed by atoms with E-state index in [1.54, 1.807) is 65.0 Å². The molecule has 57 heavy (non-hydrogen) atoms. The number of alkyl carbamates (subject to hydrolysis) is 1. The van der Waals surface area contributed by atoms with Crippen LogP contribution in [0.4, 0.5) is 4.79 Å². The minimum atomic E-state index is -3.64. The summed E-state index contributed by atoms with van der Waals surface area (Å²) in [5, 5.41) is 11.4. The Kier molecular flexibility index (Phi) is 16.6. The van der Waals surface area contributed by atoms with E-state index < -0.39 is 100 Å². The van der Waals surface area contributed by atoms with Crippen molar-refractivity contribution in [3.63, 3.8) is 0 Å². The van der Waals surface area contributed by atoms with Crippen LogP contribution in [-0.4, -0.2) is 80.2 Å². The molecule has 4 N–H and O–H groups in total. The van der Waals surface area contributed by atoms with E-state index in [-0.39, 0.29) is 12.4 Å². The third-order valence-corrected chi connectivity index (χ3v) is 9.21. The van der Waals surface area contributed by atoms with E-state index in [2.05, 4.69) is 27.8 Å². The summed E-state index contributed by atoms with van der Waals surface area (Å²) in [4.78, 5) is 80.4. The van der Waals surface area contributed by atoms with Crippen LogP contribution in [0.1, 0.15) is 71.1 Å². The molecule has 3 rings (SSSR count). The van der Waals surface area contributed by atoms with Crippen LogP contribution in [-0.2, 0) is 67.5 Å². The first-order valence-electron chi connectivity index (χ1n) is 18.5. The van der Waals surface area contributed by atoms with Gasteiger partial charge in [0.1, 0.15) is 30.3 Å². The third-order valence-electron chi connectivity index (χ3n) is 8.55. The zero-order valence-electron chi connectivity index (χ0n) is 33.5. The second-order valence-electron chi connectivity index (χ2n) is 15.4. The molecule has 0 bridgehead atoms. The smallest absolute Gasteiger partial charge is 0.408 e. The topological polar surface area (TPSA) is 212 Å². The molecule has 2 aromatic carbocycles. The Labute approximate surface area is 334 Å². The molecule has 15 nitrogen and oxygen atoms in total. The van der Waals surface area contributed by atoms with E-state index in [1.807, 2.05) is 24.3 Å². The number of hydrogen-bond donors (Lipinski definition) is 4. The van der Waals surface area contributed by atoms with E-state index in [0.717, 1.165) is 28.9 Å². The molecule has 0 aromatic heterocycles. The number of carbonyl (C=O) groups is 6. The first-order chi connectivity index (χ1) is 26.6. The van der Waals surface area contributed by atoms with Crippen molar-refractivity contribution in [1.82, 2.24) is 21.3 Å². The largest absolute Gasteiger partial charge is 0.460 e. The molecule has 0 spiro atoms. The maximum absolute atomic E-state index is 14.3. The fraction of sp³-hybridized carbons (Fsp3) is 0.463. The number of ether oxygens (including phenoxy) is 3. The lowest BCUT2D eigenvalue weighted by atomic mass is 9.93. The van der Waals surface area contributed by atoms with Crippen LogP contribution in [0.2, 0.25) is 0 Å². The van der Waals surface area contributed by atoms with Gasteiger partial charge in [-0.1, -0.05) is 81.1 Å². The molecule has 0 unspecified atom stereocenters. The van der Waals surface area contributed by atoms with Gasteiger partial charge in [0.25, 0.3) is 0 Å². The number of rotatable bonds is 18. The van der Waals surface area contributed by atoms with Crippen molar-refractivity contribution >= 4 is 45.6 Å². The summed E-state index contributed by atoms with van der Waals surface area (Å²) < 4.78 is 39.6. The van der Waals surface area contributed by atoms with E-state index in [0.29, 0.717) is 18.4 Å². The average Bonchev–Trinajstić information content (AvgIpc) is 3.53. The quantitative estimate of drug-likeness (QED) is 0.0971. The van der Waals surface area contributed by atoms with Crippen molar-refractivity contribution in [1.29, 1.82) is 0 Å². The second kappa shape index (κ2) is 20.6. The van der Waals surface area contributed by atoms with Crippen molar-refractivity contribution < 1.29 is 51.4 Å². The highest BCUT2D eigenvalue weighted by atomic mass is 32.2. The van der Waals surface area contributed by atoms with Crippen LogP contribution < -0.4 is 21.3 Å². The summed E-state index contributed by atoms with van der Waals surface area (Å²) in [7, 11) is -3.64. The number of allylic oxidation sites excluding steroid dienone is 1. The molecular weight excluding hydrogens is 757 g/mol. The molecule has 4 amide bonds. The summed E-state index contributed by atoms with van der Waals surface area (Å²) in [5.74, 6) is -4.90. The maximum atomic E-state index is 14.3. The monoisotopic (exact) mass is 810 g/mol. The SMILES string of the molecule is C=C(C)OC(=O)C[C@H](NC(=O)OCc1ccccc1)C(=O)N[C@H](C(=O)N[C@H](C(=O)N[C@H](/C=C/S(C)(=O)=O)CC(=O)OC(C)(C)C)C(C)C)C1Cc2ccccc2C1. The molecule has 1 aliphatic rings. The molecule has 2 aromatic rings. The first-order valence-corrected chi connectivity index (χ1v) is 20.5. The Morgan fingerprint density at radius 1 is 0.825 bits per heavy atom.